The number of hydrogen-bond acceptors (Lipinski definition) is 4. The van der Waals surface area contributed by atoms with E-state index in [0.29, 0.717) is 11.8 Å². The molecule has 0 radical (unpaired) electrons. The topological polar surface area (TPSA) is 34.6 Å². The highest BCUT2D eigenvalue weighted by molar-refractivity contribution is 6.29. The first-order valence-corrected chi connectivity index (χ1v) is 7.11. The van der Waals surface area contributed by atoms with Gasteiger partial charge in [0.1, 0.15) is 23.3 Å². The van der Waals surface area contributed by atoms with Crippen molar-refractivity contribution in [2.75, 3.05) is 27.3 Å². The Morgan fingerprint density at radius 3 is 2.43 bits per heavy atom. The Labute approximate surface area is 130 Å². The van der Waals surface area contributed by atoms with Crippen molar-refractivity contribution in [3.63, 3.8) is 0 Å². The maximum Gasteiger partial charge on any atom is 0.129 e. The summed E-state index contributed by atoms with van der Waals surface area (Å²) in [5.74, 6) is 1.67. The number of rotatable bonds is 7. The highest BCUT2D eigenvalue weighted by atomic mass is 35.5. The van der Waals surface area contributed by atoms with Gasteiger partial charge in [-0.25, -0.2) is 4.98 Å². The SMILES string of the molecule is COc1ccc(OCCN(C)Cc2ccc(Cl)nc2)cc1. The Morgan fingerprint density at radius 1 is 1.10 bits per heavy atom. The number of benzene rings is 1. The molecule has 5 heteroatoms. The fourth-order valence-corrected chi connectivity index (χ4v) is 1.99. The van der Waals surface area contributed by atoms with Gasteiger partial charge in [-0.15, -0.1) is 0 Å². The average Bonchev–Trinajstić information content (AvgIpc) is 2.50. The van der Waals surface area contributed by atoms with Crippen molar-refractivity contribution >= 4 is 11.6 Å². The number of likely N-dealkylation sites (N-methyl/N-ethyl adjacent to an activating group) is 1. The standard InChI is InChI=1S/C16H19ClN2O2/c1-19(12-13-3-8-16(17)18-11-13)9-10-21-15-6-4-14(20-2)5-7-15/h3-8,11H,9-10,12H2,1-2H3. The monoisotopic (exact) mass is 306 g/mol. The second-order valence-corrected chi connectivity index (χ2v) is 5.14. The lowest BCUT2D eigenvalue weighted by Crippen LogP contribution is -2.23. The van der Waals surface area contributed by atoms with Gasteiger partial charge in [0.15, 0.2) is 0 Å². The van der Waals surface area contributed by atoms with Gasteiger partial charge in [0, 0.05) is 19.3 Å². The molecule has 4 nitrogen and oxygen atoms in total. The van der Waals surface area contributed by atoms with Crippen LogP contribution in [0, 0.1) is 0 Å². The van der Waals surface area contributed by atoms with Gasteiger partial charge in [-0.3, -0.25) is 4.90 Å². The molecule has 0 spiro atoms. The van der Waals surface area contributed by atoms with Crippen LogP contribution in [0.1, 0.15) is 5.56 Å². The second-order valence-electron chi connectivity index (χ2n) is 4.75. The largest absolute Gasteiger partial charge is 0.497 e. The first-order valence-electron chi connectivity index (χ1n) is 6.73. The van der Waals surface area contributed by atoms with Crippen LogP contribution >= 0.6 is 11.6 Å². The summed E-state index contributed by atoms with van der Waals surface area (Å²) < 4.78 is 10.8. The molecule has 0 atom stereocenters. The zero-order chi connectivity index (χ0) is 15.1. The summed E-state index contributed by atoms with van der Waals surface area (Å²) in [6.45, 7) is 2.27. The summed E-state index contributed by atoms with van der Waals surface area (Å²) in [5, 5.41) is 0.518. The highest BCUT2D eigenvalue weighted by Crippen LogP contribution is 2.16. The quantitative estimate of drug-likeness (QED) is 0.736. The molecule has 2 rings (SSSR count). The minimum Gasteiger partial charge on any atom is -0.497 e. The fraction of sp³-hybridized carbons (Fsp3) is 0.312. The molecule has 112 valence electrons. The number of ether oxygens (including phenoxy) is 2. The highest BCUT2D eigenvalue weighted by Gasteiger charge is 2.02. The van der Waals surface area contributed by atoms with Crippen molar-refractivity contribution in [1.29, 1.82) is 0 Å². The summed E-state index contributed by atoms with van der Waals surface area (Å²) >= 11 is 5.77. The zero-order valence-corrected chi connectivity index (χ0v) is 13.0. The van der Waals surface area contributed by atoms with Crippen LogP contribution in [0.2, 0.25) is 5.15 Å². The molecule has 0 amide bonds. The van der Waals surface area contributed by atoms with Crippen molar-refractivity contribution in [3.05, 3.63) is 53.3 Å². The first-order chi connectivity index (χ1) is 10.2. The van der Waals surface area contributed by atoms with E-state index in [4.69, 9.17) is 21.1 Å². The van der Waals surface area contributed by atoms with Crippen molar-refractivity contribution in [2.24, 2.45) is 0 Å². The lowest BCUT2D eigenvalue weighted by molar-refractivity contribution is 0.232. The fourth-order valence-electron chi connectivity index (χ4n) is 1.88. The molecule has 0 N–H and O–H groups in total. The second kappa shape index (κ2) is 7.86. The lowest BCUT2D eigenvalue weighted by atomic mass is 10.3. The van der Waals surface area contributed by atoms with Crippen LogP contribution in [0.5, 0.6) is 11.5 Å². The Kier molecular flexibility index (Phi) is 5.84. The van der Waals surface area contributed by atoms with Crippen LogP contribution in [-0.4, -0.2) is 37.2 Å². The van der Waals surface area contributed by atoms with Gasteiger partial charge >= 0.3 is 0 Å². The van der Waals surface area contributed by atoms with Crippen LogP contribution in [0.3, 0.4) is 0 Å². The Hall–Kier alpha value is -1.78. The van der Waals surface area contributed by atoms with E-state index in [1.165, 1.54) is 0 Å². The number of nitrogens with zero attached hydrogens (tertiary/aromatic N) is 2. The number of halogens is 1. The minimum absolute atomic E-state index is 0.518. The van der Waals surface area contributed by atoms with Gasteiger partial charge in [-0.05, 0) is 42.9 Å². The van der Waals surface area contributed by atoms with Gasteiger partial charge in [0.05, 0.1) is 7.11 Å². The Morgan fingerprint density at radius 2 is 1.81 bits per heavy atom. The van der Waals surface area contributed by atoms with E-state index in [2.05, 4.69) is 9.88 Å². The van der Waals surface area contributed by atoms with Gasteiger partial charge in [0.25, 0.3) is 0 Å². The predicted octanol–water partition coefficient (Wildman–Crippen LogP) is 3.25. The average molecular weight is 307 g/mol. The third kappa shape index (κ3) is 5.25. The van der Waals surface area contributed by atoms with Crippen molar-refractivity contribution in [3.8, 4) is 11.5 Å². The van der Waals surface area contributed by atoms with Crippen LogP contribution < -0.4 is 9.47 Å². The minimum atomic E-state index is 0.518. The molecule has 0 fully saturated rings. The summed E-state index contributed by atoms with van der Waals surface area (Å²) in [7, 11) is 3.70. The Balaban J connectivity index is 1.73. The zero-order valence-electron chi connectivity index (χ0n) is 12.3. The van der Waals surface area contributed by atoms with E-state index >= 15 is 0 Å². The summed E-state index contributed by atoms with van der Waals surface area (Å²) in [5.41, 5.74) is 1.13. The van der Waals surface area contributed by atoms with E-state index in [0.717, 1.165) is 30.2 Å². The molecule has 0 bridgehead atoms. The number of aromatic nitrogens is 1. The summed E-state index contributed by atoms with van der Waals surface area (Å²) in [6, 6.07) is 11.4. The molecule has 0 aliphatic rings. The van der Waals surface area contributed by atoms with E-state index < -0.39 is 0 Å². The van der Waals surface area contributed by atoms with Crippen molar-refractivity contribution in [1.82, 2.24) is 9.88 Å². The molecular weight excluding hydrogens is 288 g/mol. The normalized spacial score (nSPS) is 10.7. The summed E-state index contributed by atoms with van der Waals surface area (Å²) in [6.07, 6.45) is 1.79. The van der Waals surface area contributed by atoms with Crippen LogP contribution in [0.25, 0.3) is 0 Å². The number of hydrogen-bond donors (Lipinski definition) is 0. The Bertz CT molecular complexity index is 543. The third-order valence-corrected chi connectivity index (χ3v) is 3.27. The molecular formula is C16H19ClN2O2. The van der Waals surface area contributed by atoms with Gasteiger partial charge in [0.2, 0.25) is 0 Å². The molecule has 1 aromatic heterocycles. The van der Waals surface area contributed by atoms with Crippen LogP contribution in [0.4, 0.5) is 0 Å². The van der Waals surface area contributed by atoms with Gasteiger partial charge < -0.3 is 9.47 Å². The molecule has 1 aromatic carbocycles. The number of pyridine rings is 1. The van der Waals surface area contributed by atoms with Crippen LogP contribution in [-0.2, 0) is 6.54 Å². The molecule has 2 aromatic rings. The molecule has 0 aliphatic carbocycles. The molecule has 1 heterocycles. The van der Waals surface area contributed by atoms with E-state index in [1.54, 1.807) is 19.4 Å². The molecule has 0 aliphatic heterocycles. The van der Waals surface area contributed by atoms with Gasteiger partial charge in [-0.1, -0.05) is 17.7 Å². The summed E-state index contributed by atoms with van der Waals surface area (Å²) in [4.78, 5) is 6.25. The molecule has 0 saturated heterocycles. The number of methoxy groups -OCH3 is 1. The van der Waals surface area contributed by atoms with E-state index in [-0.39, 0.29) is 0 Å². The molecule has 0 unspecified atom stereocenters. The van der Waals surface area contributed by atoms with E-state index in [9.17, 15) is 0 Å². The smallest absolute Gasteiger partial charge is 0.129 e. The first kappa shape index (κ1) is 15.6. The molecule has 0 saturated carbocycles. The van der Waals surface area contributed by atoms with Crippen molar-refractivity contribution in [2.45, 2.75) is 6.54 Å². The maximum absolute atomic E-state index is 5.77. The predicted molar refractivity (Wildman–Crippen MR) is 84.1 cm³/mol. The van der Waals surface area contributed by atoms with Crippen molar-refractivity contribution < 1.29 is 9.47 Å². The maximum atomic E-state index is 5.77. The lowest BCUT2D eigenvalue weighted by Gasteiger charge is -2.17. The third-order valence-electron chi connectivity index (χ3n) is 3.04. The molecule has 21 heavy (non-hydrogen) atoms. The van der Waals surface area contributed by atoms with Crippen LogP contribution in [0.15, 0.2) is 42.6 Å². The van der Waals surface area contributed by atoms with E-state index in [1.807, 2.05) is 37.4 Å². The van der Waals surface area contributed by atoms with Gasteiger partial charge in [-0.2, -0.15) is 0 Å².